The van der Waals surface area contributed by atoms with Crippen LogP contribution in [0.1, 0.15) is 29.8 Å². The van der Waals surface area contributed by atoms with Crippen molar-refractivity contribution in [2.75, 3.05) is 5.32 Å². The summed E-state index contributed by atoms with van der Waals surface area (Å²) in [4.78, 5) is 29.1. The van der Waals surface area contributed by atoms with E-state index < -0.39 is 5.82 Å². The molecule has 1 aromatic heterocycles. The van der Waals surface area contributed by atoms with Crippen molar-refractivity contribution in [1.82, 2.24) is 10.3 Å². The van der Waals surface area contributed by atoms with Crippen LogP contribution in [0, 0.1) is 11.7 Å². The monoisotopic (exact) mass is 425 g/mol. The van der Waals surface area contributed by atoms with Gasteiger partial charge in [-0.3, -0.25) is 14.6 Å². The topological polar surface area (TPSA) is 71.1 Å². The first-order valence-corrected chi connectivity index (χ1v) is 9.81. The molecule has 0 saturated heterocycles. The van der Waals surface area contributed by atoms with Gasteiger partial charge in [0.05, 0.1) is 16.4 Å². The molecule has 2 N–H and O–H groups in total. The Morgan fingerprint density at radius 2 is 1.90 bits per heavy atom. The van der Waals surface area contributed by atoms with Crippen molar-refractivity contribution in [3.8, 4) is 11.3 Å². The normalized spacial score (nSPS) is 10.7. The fourth-order valence-corrected chi connectivity index (χ4v) is 2.96. The molecule has 154 valence electrons. The summed E-state index contributed by atoms with van der Waals surface area (Å²) in [6, 6.07) is 14.8. The average molecular weight is 426 g/mol. The lowest BCUT2D eigenvalue weighted by atomic mass is 10.0. The van der Waals surface area contributed by atoms with Gasteiger partial charge in [0.1, 0.15) is 5.82 Å². The zero-order valence-corrected chi connectivity index (χ0v) is 17.3. The van der Waals surface area contributed by atoms with E-state index in [2.05, 4.69) is 15.6 Å². The molecule has 7 heteroatoms. The number of carbonyl (C=O) groups is 2. The molecule has 3 rings (SSSR count). The first kappa shape index (κ1) is 21.5. The first-order valence-electron chi connectivity index (χ1n) is 9.43. The predicted molar refractivity (Wildman–Crippen MR) is 116 cm³/mol. The van der Waals surface area contributed by atoms with Gasteiger partial charge in [0.15, 0.2) is 0 Å². The number of carbonyl (C=O) groups excluding carboxylic acids is 2. The Morgan fingerprint density at radius 3 is 2.63 bits per heavy atom. The maximum atomic E-state index is 13.3. The minimum atomic E-state index is -0.504. The van der Waals surface area contributed by atoms with E-state index in [-0.39, 0.29) is 29.3 Å². The van der Waals surface area contributed by atoms with Gasteiger partial charge in [-0.1, -0.05) is 43.6 Å². The van der Waals surface area contributed by atoms with E-state index in [1.54, 1.807) is 42.6 Å². The number of halogens is 2. The number of aromatic nitrogens is 1. The van der Waals surface area contributed by atoms with Crippen molar-refractivity contribution in [1.29, 1.82) is 0 Å². The molecular formula is C23H21ClFN3O2. The lowest BCUT2D eigenvalue weighted by molar-refractivity contribution is -0.118. The minimum Gasteiger partial charge on any atom is -0.348 e. The van der Waals surface area contributed by atoms with Gasteiger partial charge in [-0.15, -0.1) is 0 Å². The SMILES string of the molecule is CC(C)C(=O)Nc1cccnc1-c1cccc(C(=O)NCc2ccc(F)c(Cl)c2)c1. The van der Waals surface area contributed by atoms with Gasteiger partial charge < -0.3 is 10.6 Å². The van der Waals surface area contributed by atoms with Crippen LogP contribution in [0.25, 0.3) is 11.3 Å². The van der Waals surface area contributed by atoms with Crippen LogP contribution < -0.4 is 10.6 Å². The van der Waals surface area contributed by atoms with Gasteiger partial charge in [0, 0.05) is 29.8 Å². The van der Waals surface area contributed by atoms with Gasteiger partial charge in [-0.2, -0.15) is 0 Å². The molecule has 0 atom stereocenters. The maximum absolute atomic E-state index is 13.3. The van der Waals surface area contributed by atoms with Gasteiger partial charge in [0.2, 0.25) is 5.91 Å². The van der Waals surface area contributed by atoms with Crippen molar-refractivity contribution in [2.24, 2.45) is 5.92 Å². The van der Waals surface area contributed by atoms with E-state index in [0.29, 0.717) is 28.1 Å². The van der Waals surface area contributed by atoms with E-state index >= 15 is 0 Å². The highest BCUT2D eigenvalue weighted by atomic mass is 35.5. The third-order valence-electron chi connectivity index (χ3n) is 4.43. The van der Waals surface area contributed by atoms with Crippen LogP contribution in [0.2, 0.25) is 5.02 Å². The minimum absolute atomic E-state index is 0.00914. The summed E-state index contributed by atoms with van der Waals surface area (Å²) in [6.07, 6.45) is 1.63. The zero-order chi connectivity index (χ0) is 21.7. The second kappa shape index (κ2) is 9.50. The molecule has 0 aliphatic heterocycles. The Hall–Kier alpha value is -3.25. The highest BCUT2D eigenvalue weighted by molar-refractivity contribution is 6.30. The van der Waals surface area contributed by atoms with E-state index in [9.17, 15) is 14.0 Å². The molecule has 5 nitrogen and oxygen atoms in total. The summed E-state index contributed by atoms with van der Waals surface area (Å²) in [6.45, 7) is 3.83. The second-order valence-electron chi connectivity index (χ2n) is 7.06. The van der Waals surface area contributed by atoms with Gasteiger partial charge >= 0.3 is 0 Å². The van der Waals surface area contributed by atoms with Gasteiger partial charge in [-0.25, -0.2) is 4.39 Å². The number of amides is 2. The Labute approximate surface area is 179 Å². The van der Waals surface area contributed by atoms with Crippen molar-refractivity contribution in [3.05, 3.63) is 82.8 Å². The number of hydrogen-bond donors (Lipinski definition) is 2. The summed E-state index contributed by atoms with van der Waals surface area (Å²) in [5.74, 6) is -1.08. The van der Waals surface area contributed by atoms with E-state index in [1.807, 2.05) is 19.9 Å². The fourth-order valence-electron chi connectivity index (χ4n) is 2.76. The van der Waals surface area contributed by atoms with Crippen molar-refractivity contribution >= 4 is 29.1 Å². The summed E-state index contributed by atoms with van der Waals surface area (Å²) in [5.41, 5.74) is 2.98. The van der Waals surface area contributed by atoms with Crippen LogP contribution in [-0.4, -0.2) is 16.8 Å². The van der Waals surface area contributed by atoms with Gasteiger partial charge in [0.25, 0.3) is 5.91 Å². The molecule has 30 heavy (non-hydrogen) atoms. The molecule has 0 bridgehead atoms. The van der Waals surface area contributed by atoms with Crippen LogP contribution in [0.5, 0.6) is 0 Å². The second-order valence-corrected chi connectivity index (χ2v) is 7.46. The molecule has 0 spiro atoms. The van der Waals surface area contributed by atoms with Gasteiger partial charge in [-0.05, 0) is 42.0 Å². The highest BCUT2D eigenvalue weighted by Gasteiger charge is 2.14. The molecule has 2 aromatic carbocycles. The van der Waals surface area contributed by atoms with Crippen LogP contribution in [-0.2, 0) is 11.3 Å². The molecule has 0 aliphatic rings. The number of pyridine rings is 1. The standard InChI is InChI=1S/C23H21ClFN3O2/c1-14(2)22(29)28-20-7-4-10-26-21(20)16-5-3-6-17(12-16)23(30)27-13-15-8-9-19(25)18(24)11-15/h3-12,14H,13H2,1-2H3,(H,27,30)(H,28,29). The summed E-state index contributed by atoms with van der Waals surface area (Å²) in [5, 5.41) is 5.67. The number of nitrogens with one attached hydrogen (secondary N) is 2. The van der Waals surface area contributed by atoms with Crippen LogP contribution in [0.4, 0.5) is 10.1 Å². The van der Waals surface area contributed by atoms with Crippen LogP contribution >= 0.6 is 11.6 Å². The first-order chi connectivity index (χ1) is 14.3. The molecule has 3 aromatic rings. The Bertz CT molecular complexity index is 1090. The average Bonchev–Trinajstić information content (AvgIpc) is 2.74. The molecule has 2 amide bonds. The van der Waals surface area contributed by atoms with E-state index in [1.165, 1.54) is 12.1 Å². The number of hydrogen-bond acceptors (Lipinski definition) is 3. The number of nitrogens with zero attached hydrogens (tertiary/aromatic N) is 1. The Morgan fingerprint density at radius 1 is 1.10 bits per heavy atom. The quantitative estimate of drug-likeness (QED) is 0.579. The number of rotatable bonds is 6. The maximum Gasteiger partial charge on any atom is 0.251 e. The number of anilines is 1. The molecule has 0 radical (unpaired) electrons. The van der Waals surface area contributed by atoms with Crippen LogP contribution in [0.15, 0.2) is 60.8 Å². The van der Waals surface area contributed by atoms with E-state index in [4.69, 9.17) is 11.6 Å². The predicted octanol–water partition coefficient (Wildman–Crippen LogP) is 5.07. The molecule has 0 fully saturated rings. The lowest BCUT2D eigenvalue weighted by Gasteiger charge is -2.13. The summed E-state index contributed by atoms with van der Waals surface area (Å²) >= 11 is 5.78. The smallest absolute Gasteiger partial charge is 0.251 e. The molecular weight excluding hydrogens is 405 g/mol. The molecule has 0 unspecified atom stereocenters. The lowest BCUT2D eigenvalue weighted by Crippen LogP contribution is -2.22. The molecule has 0 saturated carbocycles. The largest absolute Gasteiger partial charge is 0.348 e. The fraction of sp³-hybridized carbons (Fsp3) is 0.174. The van der Waals surface area contributed by atoms with Crippen molar-refractivity contribution in [3.63, 3.8) is 0 Å². The highest BCUT2D eigenvalue weighted by Crippen LogP contribution is 2.26. The third-order valence-corrected chi connectivity index (χ3v) is 4.71. The van der Waals surface area contributed by atoms with Crippen molar-refractivity contribution < 1.29 is 14.0 Å². The van der Waals surface area contributed by atoms with Crippen LogP contribution in [0.3, 0.4) is 0 Å². The molecule has 0 aliphatic carbocycles. The van der Waals surface area contributed by atoms with E-state index in [0.717, 1.165) is 0 Å². The summed E-state index contributed by atoms with van der Waals surface area (Å²) < 4.78 is 13.3. The Balaban J connectivity index is 1.78. The Kier molecular flexibility index (Phi) is 6.79. The molecule has 1 heterocycles. The summed E-state index contributed by atoms with van der Waals surface area (Å²) in [7, 11) is 0. The van der Waals surface area contributed by atoms with Crippen molar-refractivity contribution in [2.45, 2.75) is 20.4 Å². The zero-order valence-electron chi connectivity index (χ0n) is 16.6. The third kappa shape index (κ3) is 5.21. The number of benzene rings is 2.